The molecule has 0 radical (unpaired) electrons. The average molecular weight is 321 g/mol. The zero-order chi connectivity index (χ0) is 17.9. The highest BCUT2D eigenvalue weighted by atomic mass is 16.5. The Morgan fingerprint density at radius 3 is 1.83 bits per heavy atom. The first-order valence-corrected chi connectivity index (χ1v) is 8.00. The third kappa shape index (κ3) is 4.53. The summed E-state index contributed by atoms with van der Waals surface area (Å²) in [5.41, 5.74) is 1.78. The van der Waals surface area contributed by atoms with Crippen LogP contribution in [0.4, 0.5) is 0 Å². The summed E-state index contributed by atoms with van der Waals surface area (Å²) in [4.78, 5) is 35.0. The van der Waals surface area contributed by atoms with Crippen LogP contribution in [0.1, 0.15) is 54.4 Å². The number of amides is 2. The van der Waals surface area contributed by atoms with E-state index in [0.717, 1.165) is 12.8 Å². The second-order valence-electron chi connectivity index (χ2n) is 6.79. The van der Waals surface area contributed by atoms with Gasteiger partial charge in [-0.3, -0.25) is 14.5 Å². The van der Waals surface area contributed by atoms with Gasteiger partial charge in [-0.05, 0) is 40.0 Å². The molecule has 128 valence electrons. The number of nitrogens with zero attached hydrogens (tertiary/aromatic N) is 1. The Bertz CT molecular complexity index is 517. The molecule has 0 N–H and O–H groups in total. The lowest BCUT2D eigenvalue weighted by molar-refractivity contribution is -0.140. The fourth-order valence-electron chi connectivity index (χ4n) is 2.54. The first-order chi connectivity index (χ1) is 10.6. The van der Waals surface area contributed by atoms with Crippen LogP contribution in [0.3, 0.4) is 0 Å². The minimum Gasteiger partial charge on any atom is -0.459 e. The molecule has 2 aliphatic heterocycles. The quantitative estimate of drug-likeness (QED) is 0.455. The smallest absolute Gasteiger partial charge is 0.333 e. The first kappa shape index (κ1) is 19.1. The van der Waals surface area contributed by atoms with Gasteiger partial charge in [0.2, 0.25) is 0 Å². The van der Waals surface area contributed by atoms with Gasteiger partial charge >= 0.3 is 5.97 Å². The molecule has 5 nitrogen and oxygen atoms in total. The topological polar surface area (TPSA) is 63.7 Å². The molecule has 2 amide bonds. The lowest BCUT2D eigenvalue weighted by atomic mass is 10.0. The molecule has 2 aliphatic rings. The summed E-state index contributed by atoms with van der Waals surface area (Å²) >= 11 is 0. The second kappa shape index (κ2) is 7.57. The molecule has 1 unspecified atom stereocenters. The minimum atomic E-state index is -0.212. The van der Waals surface area contributed by atoms with Crippen molar-refractivity contribution >= 4 is 17.8 Å². The number of cyclic esters (lactones) is 1. The summed E-state index contributed by atoms with van der Waals surface area (Å²) in [5, 5.41) is 0. The van der Waals surface area contributed by atoms with Crippen molar-refractivity contribution in [1.29, 1.82) is 0 Å². The van der Waals surface area contributed by atoms with Gasteiger partial charge in [0.25, 0.3) is 11.8 Å². The van der Waals surface area contributed by atoms with E-state index in [1.807, 2.05) is 13.8 Å². The molecule has 0 aromatic carbocycles. The maximum absolute atomic E-state index is 11.4. The summed E-state index contributed by atoms with van der Waals surface area (Å²) in [6.07, 6.45) is 1.76. The molecule has 1 fully saturated rings. The van der Waals surface area contributed by atoms with Crippen LogP contribution < -0.4 is 0 Å². The molecule has 0 bridgehead atoms. The van der Waals surface area contributed by atoms with E-state index in [4.69, 9.17) is 4.74 Å². The zero-order valence-electron chi connectivity index (χ0n) is 14.9. The van der Waals surface area contributed by atoms with Crippen molar-refractivity contribution in [2.45, 2.75) is 66.5 Å². The van der Waals surface area contributed by atoms with Crippen LogP contribution >= 0.6 is 0 Å². The summed E-state index contributed by atoms with van der Waals surface area (Å²) < 4.78 is 5.05. The van der Waals surface area contributed by atoms with Crippen LogP contribution in [0.5, 0.6) is 0 Å². The molecule has 1 saturated heterocycles. The fraction of sp³-hybridized carbons (Fsp3) is 0.611. The highest BCUT2D eigenvalue weighted by Crippen LogP contribution is 2.23. The minimum absolute atomic E-state index is 0.0441. The Kier molecular flexibility index (Phi) is 6.30. The Labute approximate surface area is 138 Å². The molecule has 0 aliphatic carbocycles. The maximum atomic E-state index is 11.4. The van der Waals surface area contributed by atoms with Crippen LogP contribution in [0.15, 0.2) is 23.3 Å². The molecule has 23 heavy (non-hydrogen) atoms. The molecule has 0 aromatic rings. The SMILES string of the molecule is C=C1CC(CC(C)C)OC1=O.CC1=C(C)C(=O)N(C(C)C)C1=O. The lowest BCUT2D eigenvalue weighted by Gasteiger charge is -2.18. The standard InChI is InChI=1S/C9H13NO2.C9H14O2/c1-5(2)10-8(11)6(3)7(4)9(10)12;1-6(2)4-8-5-7(3)9(10)11-8/h5H,1-4H3;6,8H,3-5H2,1-2H3. The van der Waals surface area contributed by atoms with Gasteiger partial charge in [0.1, 0.15) is 6.10 Å². The fourth-order valence-corrected chi connectivity index (χ4v) is 2.54. The molecule has 0 aromatic heterocycles. The van der Waals surface area contributed by atoms with Gasteiger partial charge in [0.05, 0.1) is 0 Å². The number of hydrogen-bond donors (Lipinski definition) is 0. The second-order valence-corrected chi connectivity index (χ2v) is 6.79. The summed E-state index contributed by atoms with van der Waals surface area (Å²) in [7, 11) is 0. The van der Waals surface area contributed by atoms with Gasteiger partial charge < -0.3 is 4.74 Å². The van der Waals surface area contributed by atoms with Crippen molar-refractivity contribution in [3.63, 3.8) is 0 Å². The Morgan fingerprint density at radius 1 is 1.09 bits per heavy atom. The number of ether oxygens (including phenoxy) is 1. The van der Waals surface area contributed by atoms with Crippen LogP contribution in [-0.4, -0.2) is 34.8 Å². The maximum Gasteiger partial charge on any atom is 0.333 e. The van der Waals surface area contributed by atoms with Crippen molar-refractivity contribution in [2.75, 3.05) is 0 Å². The van der Waals surface area contributed by atoms with Gasteiger partial charge in [0.15, 0.2) is 0 Å². The van der Waals surface area contributed by atoms with E-state index in [9.17, 15) is 14.4 Å². The number of rotatable bonds is 3. The van der Waals surface area contributed by atoms with E-state index < -0.39 is 0 Å². The number of esters is 1. The van der Waals surface area contributed by atoms with Crippen molar-refractivity contribution in [1.82, 2.24) is 4.90 Å². The normalized spacial score (nSPS) is 21.4. The molecule has 0 spiro atoms. The highest BCUT2D eigenvalue weighted by molar-refractivity contribution is 6.18. The van der Waals surface area contributed by atoms with Crippen LogP contribution in [-0.2, 0) is 19.1 Å². The van der Waals surface area contributed by atoms with Gasteiger partial charge in [-0.25, -0.2) is 4.79 Å². The molecular formula is C18H27NO4. The Morgan fingerprint density at radius 2 is 1.57 bits per heavy atom. The van der Waals surface area contributed by atoms with Gasteiger partial charge in [-0.1, -0.05) is 20.4 Å². The van der Waals surface area contributed by atoms with E-state index >= 15 is 0 Å². The molecule has 0 saturated carbocycles. The lowest BCUT2D eigenvalue weighted by Crippen LogP contribution is -2.37. The molecule has 5 heteroatoms. The number of carbonyl (C=O) groups is 3. The van der Waals surface area contributed by atoms with E-state index in [0.29, 0.717) is 22.6 Å². The molecule has 2 heterocycles. The van der Waals surface area contributed by atoms with Crippen LogP contribution in [0.25, 0.3) is 0 Å². The monoisotopic (exact) mass is 321 g/mol. The number of imide groups is 1. The Hall–Kier alpha value is -1.91. The van der Waals surface area contributed by atoms with Crippen molar-refractivity contribution < 1.29 is 19.1 Å². The van der Waals surface area contributed by atoms with Gasteiger partial charge in [-0.15, -0.1) is 0 Å². The van der Waals surface area contributed by atoms with E-state index in [2.05, 4.69) is 20.4 Å². The zero-order valence-corrected chi connectivity index (χ0v) is 14.9. The van der Waals surface area contributed by atoms with Crippen molar-refractivity contribution in [2.24, 2.45) is 5.92 Å². The predicted octanol–water partition coefficient (Wildman–Crippen LogP) is 3.00. The van der Waals surface area contributed by atoms with Crippen LogP contribution in [0, 0.1) is 5.92 Å². The van der Waals surface area contributed by atoms with Crippen molar-refractivity contribution in [3.8, 4) is 0 Å². The van der Waals surface area contributed by atoms with E-state index in [-0.39, 0.29) is 29.9 Å². The van der Waals surface area contributed by atoms with Gasteiger partial charge in [-0.2, -0.15) is 0 Å². The summed E-state index contributed by atoms with van der Waals surface area (Å²) in [5.74, 6) is 0.0781. The van der Waals surface area contributed by atoms with Crippen molar-refractivity contribution in [3.05, 3.63) is 23.3 Å². The number of hydrogen-bond acceptors (Lipinski definition) is 4. The largest absolute Gasteiger partial charge is 0.459 e. The Balaban J connectivity index is 0.000000231. The van der Waals surface area contributed by atoms with Gasteiger partial charge in [0, 0.05) is 29.2 Å². The predicted molar refractivity (Wildman–Crippen MR) is 88.5 cm³/mol. The van der Waals surface area contributed by atoms with Crippen LogP contribution in [0.2, 0.25) is 0 Å². The third-order valence-electron chi connectivity index (χ3n) is 3.93. The average Bonchev–Trinajstić information content (AvgIpc) is 2.83. The molecule has 1 atom stereocenters. The third-order valence-corrected chi connectivity index (χ3v) is 3.93. The summed E-state index contributed by atoms with van der Waals surface area (Å²) in [6, 6.07) is -0.0441. The number of carbonyl (C=O) groups excluding carboxylic acids is 3. The molecular weight excluding hydrogens is 294 g/mol. The van der Waals surface area contributed by atoms with E-state index in [1.54, 1.807) is 13.8 Å². The van der Waals surface area contributed by atoms with E-state index in [1.165, 1.54) is 4.90 Å². The molecule has 2 rings (SSSR count). The first-order valence-electron chi connectivity index (χ1n) is 8.00. The summed E-state index contributed by atoms with van der Waals surface area (Å²) in [6.45, 7) is 14.9. The highest BCUT2D eigenvalue weighted by Gasteiger charge is 2.34.